The molecule has 1 aromatic carbocycles. The third-order valence-corrected chi connectivity index (χ3v) is 3.79. The fourth-order valence-electron chi connectivity index (χ4n) is 1.79. The number of nitrogens with two attached hydrogens (primary N) is 1. The lowest BCUT2D eigenvalue weighted by atomic mass is 9.91. The fraction of sp³-hybridized carbons (Fsp3) is 0.333. The van der Waals surface area contributed by atoms with Crippen LogP contribution in [0, 0.1) is 0 Å². The van der Waals surface area contributed by atoms with E-state index in [4.69, 9.17) is 17.3 Å². The molecule has 18 heavy (non-hydrogen) atoms. The summed E-state index contributed by atoms with van der Waals surface area (Å²) in [5.41, 5.74) is 7.47. The SMILES string of the molecule is CC(C)(C)c1c(N)nnn1-c1ccc(Br)c(Cl)c1. The predicted molar refractivity (Wildman–Crippen MR) is 77.2 cm³/mol. The Hall–Kier alpha value is -1.07. The van der Waals surface area contributed by atoms with Crippen molar-refractivity contribution in [3.8, 4) is 5.69 Å². The number of anilines is 1. The topological polar surface area (TPSA) is 56.7 Å². The first kappa shape index (κ1) is 13.4. The summed E-state index contributed by atoms with van der Waals surface area (Å²) in [4.78, 5) is 0. The summed E-state index contributed by atoms with van der Waals surface area (Å²) in [6, 6.07) is 5.62. The van der Waals surface area contributed by atoms with E-state index < -0.39 is 0 Å². The van der Waals surface area contributed by atoms with Gasteiger partial charge in [0.05, 0.1) is 16.4 Å². The zero-order chi connectivity index (χ0) is 13.5. The fourth-order valence-corrected chi connectivity index (χ4v) is 2.21. The van der Waals surface area contributed by atoms with Crippen LogP contribution in [0.15, 0.2) is 22.7 Å². The maximum absolute atomic E-state index is 6.10. The summed E-state index contributed by atoms with van der Waals surface area (Å²) < 4.78 is 2.58. The highest BCUT2D eigenvalue weighted by molar-refractivity contribution is 9.10. The third-order valence-electron chi connectivity index (χ3n) is 2.55. The van der Waals surface area contributed by atoms with E-state index in [2.05, 4.69) is 47.0 Å². The second-order valence-corrected chi connectivity index (χ2v) is 6.35. The number of nitrogens with zero attached hydrogens (tertiary/aromatic N) is 3. The molecule has 0 saturated carbocycles. The van der Waals surface area contributed by atoms with Crippen LogP contribution in [0.25, 0.3) is 5.69 Å². The van der Waals surface area contributed by atoms with Crippen molar-refractivity contribution in [2.75, 3.05) is 5.73 Å². The molecule has 2 N–H and O–H groups in total. The zero-order valence-electron chi connectivity index (χ0n) is 10.4. The van der Waals surface area contributed by atoms with Gasteiger partial charge in [0.1, 0.15) is 0 Å². The molecule has 96 valence electrons. The van der Waals surface area contributed by atoms with Gasteiger partial charge >= 0.3 is 0 Å². The average molecular weight is 330 g/mol. The predicted octanol–water partition coefficient (Wildman–Crippen LogP) is 3.56. The van der Waals surface area contributed by atoms with E-state index in [1.165, 1.54) is 0 Å². The molecule has 0 fully saturated rings. The van der Waals surface area contributed by atoms with Gasteiger partial charge in [0, 0.05) is 9.89 Å². The molecule has 2 rings (SSSR count). The Kier molecular flexibility index (Phi) is 3.38. The van der Waals surface area contributed by atoms with Crippen molar-refractivity contribution in [2.24, 2.45) is 0 Å². The van der Waals surface area contributed by atoms with Crippen molar-refractivity contribution in [1.29, 1.82) is 0 Å². The molecule has 0 spiro atoms. The van der Waals surface area contributed by atoms with Gasteiger partial charge in [0.2, 0.25) is 0 Å². The number of halogens is 2. The number of nitrogen functional groups attached to an aromatic ring is 1. The summed E-state index contributed by atoms with van der Waals surface area (Å²) >= 11 is 9.46. The first-order valence-corrected chi connectivity index (χ1v) is 6.65. The molecule has 6 heteroatoms. The lowest BCUT2D eigenvalue weighted by Crippen LogP contribution is -2.19. The molecule has 0 radical (unpaired) electrons. The van der Waals surface area contributed by atoms with E-state index in [1.54, 1.807) is 4.68 Å². The second kappa shape index (κ2) is 4.55. The Morgan fingerprint density at radius 3 is 2.56 bits per heavy atom. The molecular weight excluding hydrogens is 316 g/mol. The van der Waals surface area contributed by atoms with Crippen LogP contribution in [0.5, 0.6) is 0 Å². The number of aromatic nitrogens is 3. The first-order chi connectivity index (χ1) is 8.30. The number of hydrogen-bond acceptors (Lipinski definition) is 3. The van der Waals surface area contributed by atoms with Gasteiger partial charge in [-0.3, -0.25) is 0 Å². The quantitative estimate of drug-likeness (QED) is 0.870. The maximum atomic E-state index is 6.10. The van der Waals surface area contributed by atoms with Crippen LogP contribution in [0.3, 0.4) is 0 Å². The molecule has 2 aromatic rings. The van der Waals surface area contributed by atoms with Gasteiger partial charge in [-0.15, -0.1) is 5.10 Å². The molecule has 0 unspecified atom stereocenters. The lowest BCUT2D eigenvalue weighted by molar-refractivity contribution is 0.544. The van der Waals surface area contributed by atoms with Crippen LogP contribution >= 0.6 is 27.5 Å². The first-order valence-electron chi connectivity index (χ1n) is 5.48. The van der Waals surface area contributed by atoms with Gasteiger partial charge in [-0.05, 0) is 34.1 Å². The summed E-state index contributed by atoms with van der Waals surface area (Å²) in [5.74, 6) is 0.446. The molecule has 0 amide bonds. The molecule has 0 aliphatic carbocycles. The zero-order valence-corrected chi connectivity index (χ0v) is 12.7. The van der Waals surface area contributed by atoms with Crippen molar-refractivity contribution in [2.45, 2.75) is 26.2 Å². The Balaban J connectivity index is 2.61. The minimum atomic E-state index is -0.146. The largest absolute Gasteiger partial charge is 0.381 e. The van der Waals surface area contributed by atoms with E-state index in [9.17, 15) is 0 Å². The normalized spacial score (nSPS) is 11.8. The third kappa shape index (κ3) is 2.37. The van der Waals surface area contributed by atoms with Crippen LogP contribution in [0.2, 0.25) is 5.02 Å². The van der Waals surface area contributed by atoms with Crippen molar-refractivity contribution >= 4 is 33.3 Å². The number of benzene rings is 1. The van der Waals surface area contributed by atoms with Crippen LogP contribution in [0.1, 0.15) is 26.5 Å². The summed E-state index contributed by atoms with van der Waals surface area (Å²) in [6.45, 7) is 6.21. The minimum Gasteiger partial charge on any atom is -0.381 e. The van der Waals surface area contributed by atoms with E-state index in [0.717, 1.165) is 15.9 Å². The number of rotatable bonds is 1. The van der Waals surface area contributed by atoms with Crippen molar-refractivity contribution < 1.29 is 0 Å². The number of hydrogen-bond donors (Lipinski definition) is 1. The highest BCUT2D eigenvalue weighted by Crippen LogP contribution is 2.30. The van der Waals surface area contributed by atoms with Crippen LogP contribution in [0.4, 0.5) is 5.82 Å². The van der Waals surface area contributed by atoms with Gasteiger partial charge in [0.15, 0.2) is 5.82 Å². The van der Waals surface area contributed by atoms with Crippen LogP contribution in [-0.2, 0) is 5.41 Å². The maximum Gasteiger partial charge on any atom is 0.170 e. The van der Waals surface area contributed by atoms with E-state index in [1.807, 2.05) is 18.2 Å². The van der Waals surface area contributed by atoms with E-state index >= 15 is 0 Å². The molecule has 0 aliphatic rings. The molecule has 0 atom stereocenters. The molecule has 1 heterocycles. The summed E-state index contributed by atoms with van der Waals surface area (Å²) in [7, 11) is 0. The van der Waals surface area contributed by atoms with Crippen molar-refractivity contribution in [3.05, 3.63) is 33.4 Å². The van der Waals surface area contributed by atoms with Gasteiger partial charge in [0.25, 0.3) is 0 Å². The second-order valence-electron chi connectivity index (χ2n) is 5.08. The molecule has 1 aromatic heterocycles. The van der Waals surface area contributed by atoms with Gasteiger partial charge in [-0.2, -0.15) is 0 Å². The Morgan fingerprint density at radius 1 is 1.33 bits per heavy atom. The molecule has 4 nitrogen and oxygen atoms in total. The Bertz CT molecular complexity index is 586. The molecule has 0 saturated heterocycles. The Labute approximate surface area is 119 Å². The molecular formula is C12H14BrClN4. The smallest absolute Gasteiger partial charge is 0.170 e. The van der Waals surface area contributed by atoms with Gasteiger partial charge < -0.3 is 5.73 Å². The monoisotopic (exact) mass is 328 g/mol. The van der Waals surface area contributed by atoms with Crippen LogP contribution < -0.4 is 5.73 Å². The summed E-state index contributed by atoms with van der Waals surface area (Å²) in [6.07, 6.45) is 0. The van der Waals surface area contributed by atoms with Gasteiger partial charge in [-0.1, -0.05) is 37.6 Å². The standard InChI is InChI=1S/C12H14BrClN4/c1-12(2,3)10-11(15)16-17-18(10)7-4-5-8(13)9(14)6-7/h4-6H,15H2,1-3H3. The summed E-state index contributed by atoms with van der Waals surface area (Å²) in [5, 5.41) is 8.66. The molecule has 0 aliphatic heterocycles. The Morgan fingerprint density at radius 2 is 2.00 bits per heavy atom. The molecule has 0 bridgehead atoms. The minimum absolute atomic E-state index is 0.146. The van der Waals surface area contributed by atoms with Crippen LogP contribution in [-0.4, -0.2) is 15.0 Å². The average Bonchev–Trinajstić information content (AvgIpc) is 2.64. The van der Waals surface area contributed by atoms with E-state index in [0.29, 0.717) is 10.8 Å². The lowest BCUT2D eigenvalue weighted by Gasteiger charge is -2.20. The highest BCUT2D eigenvalue weighted by atomic mass is 79.9. The van der Waals surface area contributed by atoms with Crippen molar-refractivity contribution in [3.63, 3.8) is 0 Å². The van der Waals surface area contributed by atoms with E-state index in [-0.39, 0.29) is 5.41 Å². The van der Waals surface area contributed by atoms with Crippen molar-refractivity contribution in [1.82, 2.24) is 15.0 Å². The van der Waals surface area contributed by atoms with Gasteiger partial charge in [-0.25, -0.2) is 4.68 Å². The highest BCUT2D eigenvalue weighted by Gasteiger charge is 2.24.